The summed E-state index contributed by atoms with van der Waals surface area (Å²) in [6.45, 7) is 11.2. The normalized spacial score (nSPS) is 21.2. The van der Waals surface area contributed by atoms with E-state index in [2.05, 4.69) is 24.1 Å². The van der Waals surface area contributed by atoms with Crippen LogP contribution in [0, 0.1) is 0 Å². The van der Waals surface area contributed by atoms with Gasteiger partial charge in [0.1, 0.15) is 0 Å². The summed E-state index contributed by atoms with van der Waals surface area (Å²) in [5.74, 6) is 0. The monoisotopic (exact) mass is 214 g/mol. The topological polar surface area (TPSA) is 35.5 Å². The van der Waals surface area contributed by atoms with E-state index in [-0.39, 0.29) is 0 Å². The van der Waals surface area contributed by atoms with Crippen molar-refractivity contribution in [1.82, 2.24) is 10.2 Å². The fraction of sp³-hybridized carbons (Fsp3) is 1.00. The molecule has 0 amide bonds. The summed E-state index contributed by atoms with van der Waals surface area (Å²) in [7, 11) is 0. The second-order valence-corrected chi connectivity index (χ2v) is 5.68. The van der Waals surface area contributed by atoms with Crippen LogP contribution >= 0.6 is 0 Å². The van der Waals surface area contributed by atoms with Crippen molar-refractivity contribution >= 4 is 0 Å². The molecule has 15 heavy (non-hydrogen) atoms. The van der Waals surface area contributed by atoms with Gasteiger partial charge in [0, 0.05) is 18.6 Å². The highest BCUT2D eigenvalue weighted by Gasteiger charge is 2.23. The Morgan fingerprint density at radius 2 is 1.87 bits per heavy atom. The van der Waals surface area contributed by atoms with Crippen molar-refractivity contribution in [3.05, 3.63) is 0 Å². The quantitative estimate of drug-likeness (QED) is 0.738. The molecule has 0 spiro atoms. The minimum atomic E-state index is -0.557. The van der Waals surface area contributed by atoms with Crippen LogP contribution in [0.25, 0.3) is 0 Å². The molecule has 3 nitrogen and oxygen atoms in total. The smallest absolute Gasteiger partial charge is 0.0718 e. The molecular formula is C12H26N2O. The van der Waals surface area contributed by atoms with Gasteiger partial charge in [-0.25, -0.2) is 0 Å². The number of β-amino-alcohol motifs (C(OH)–C–C–N with tert-alkyl or cyclic N) is 1. The first-order chi connectivity index (χ1) is 6.87. The number of rotatable bonds is 4. The summed E-state index contributed by atoms with van der Waals surface area (Å²) in [5.41, 5.74) is -0.557. The van der Waals surface area contributed by atoms with E-state index >= 15 is 0 Å². The molecule has 1 rings (SSSR count). The molecule has 0 unspecified atom stereocenters. The summed E-state index contributed by atoms with van der Waals surface area (Å²) < 4.78 is 0. The van der Waals surface area contributed by atoms with Gasteiger partial charge in [-0.1, -0.05) is 13.8 Å². The van der Waals surface area contributed by atoms with Crippen molar-refractivity contribution in [3.8, 4) is 0 Å². The Morgan fingerprint density at radius 1 is 1.33 bits per heavy atom. The molecule has 3 heteroatoms. The highest BCUT2D eigenvalue weighted by atomic mass is 16.3. The number of nitrogens with zero attached hydrogens (tertiary/aromatic N) is 1. The van der Waals surface area contributed by atoms with Crippen molar-refractivity contribution in [2.75, 3.05) is 19.6 Å². The van der Waals surface area contributed by atoms with Gasteiger partial charge < -0.3 is 15.3 Å². The molecular weight excluding hydrogens is 188 g/mol. The van der Waals surface area contributed by atoms with Crippen LogP contribution in [0.1, 0.15) is 40.5 Å². The third-order valence-corrected chi connectivity index (χ3v) is 2.77. The van der Waals surface area contributed by atoms with E-state index in [0.29, 0.717) is 12.1 Å². The lowest BCUT2D eigenvalue weighted by molar-refractivity contribution is 0.0266. The van der Waals surface area contributed by atoms with Crippen molar-refractivity contribution in [2.24, 2.45) is 0 Å². The Hall–Kier alpha value is -0.120. The van der Waals surface area contributed by atoms with Crippen LogP contribution in [0.15, 0.2) is 0 Å². The van der Waals surface area contributed by atoms with Crippen LogP contribution in [0.5, 0.6) is 0 Å². The lowest BCUT2D eigenvalue weighted by Crippen LogP contribution is -2.48. The molecule has 0 atom stereocenters. The summed E-state index contributed by atoms with van der Waals surface area (Å²) in [4.78, 5) is 2.36. The largest absolute Gasteiger partial charge is 0.389 e. The molecule has 1 saturated heterocycles. The van der Waals surface area contributed by atoms with Gasteiger partial charge in [-0.05, 0) is 39.8 Å². The zero-order valence-electron chi connectivity index (χ0n) is 10.6. The molecule has 0 radical (unpaired) electrons. The first-order valence-corrected chi connectivity index (χ1v) is 6.07. The van der Waals surface area contributed by atoms with E-state index in [1.54, 1.807) is 0 Å². The van der Waals surface area contributed by atoms with Gasteiger partial charge in [-0.3, -0.25) is 0 Å². The molecule has 0 aromatic rings. The summed E-state index contributed by atoms with van der Waals surface area (Å²) in [5, 5.41) is 13.3. The van der Waals surface area contributed by atoms with E-state index in [4.69, 9.17) is 0 Å². The molecule has 2 N–H and O–H groups in total. The number of hydrogen-bond acceptors (Lipinski definition) is 3. The zero-order valence-corrected chi connectivity index (χ0v) is 10.6. The minimum Gasteiger partial charge on any atom is -0.389 e. The Morgan fingerprint density at radius 3 is 2.27 bits per heavy atom. The first-order valence-electron chi connectivity index (χ1n) is 6.07. The van der Waals surface area contributed by atoms with E-state index in [0.717, 1.165) is 19.6 Å². The van der Waals surface area contributed by atoms with Gasteiger partial charge in [0.15, 0.2) is 0 Å². The van der Waals surface area contributed by atoms with Gasteiger partial charge >= 0.3 is 0 Å². The second kappa shape index (κ2) is 5.28. The van der Waals surface area contributed by atoms with Crippen molar-refractivity contribution in [1.29, 1.82) is 0 Å². The minimum absolute atomic E-state index is 0.557. The Bertz CT molecular complexity index is 179. The molecule has 0 aliphatic carbocycles. The Labute approximate surface area is 93.9 Å². The van der Waals surface area contributed by atoms with Gasteiger partial charge in [0.25, 0.3) is 0 Å². The van der Waals surface area contributed by atoms with Crippen LogP contribution < -0.4 is 5.32 Å². The lowest BCUT2D eigenvalue weighted by atomic mass is 10.0. The highest BCUT2D eigenvalue weighted by molar-refractivity contribution is 4.81. The van der Waals surface area contributed by atoms with Gasteiger partial charge in [-0.2, -0.15) is 0 Å². The molecule has 1 aliphatic rings. The summed E-state index contributed by atoms with van der Waals surface area (Å²) in [6, 6.07) is 1.25. The SMILES string of the molecule is CC(C)NC1CCN(CC(C)(C)O)CC1. The van der Waals surface area contributed by atoms with Crippen molar-refractivity contribution in [2.45, 2.75) is 58.2 Å². The van der Waals surface area contributed by atoms with E-state index < -0.39 is 5.60 Å². The Kier molecular flexibility index (Phi) is 4.56. The predicted octanol–water partition coefficient (Wildman–Crippen LogP) is 1.22. The predicted molar refractivity (Wildman–Crippen MR) is 64.0 cm³/mol. The maximum atomic E-state index is 9.72. The number of hydrogen-bond donors (Lipinski definition) is 2. The van der Waals surface area contributed by atoms with Crippen LogP contribution in [-0.2, 0) is 0 Å². The third kappa shape index (κ3) is 5.50. The van der Waals surface area contributed by atoms with Crippen LogP contribution in [0.2, 0.25) is 0 Å². The average molecular weight is 214 g/mol. The molecule has 1 fully saturated rings. The number of piperidine rings is 1. The molecule has 1 heterocycles. The molecule has 90 valence electrons. The molecule has 0 aromatic heterocycles. The number of nitrogens with one attached hydrogen (secondary N) is 1. The maximum absolute atomic E-state index is 9.72. The second-order valence-electron chi connectivity index (χ2n) is 5.68. The van der Waals surface area contributed by atoms with Gasteiger partial charge in [0.05, 0.1) is 5.60 Å². The zero-order chi connectivity index (χ0) is 11.5. The Balaban J connectivity index is 2.24. The lowest BCUT2D eigenvalue weighted by Gasteiger charge is -2.36. The first kappa shape index (κ1) is 12.9. The van der Waals surface area contributed by atoms with Crippen molar-refractivity contribution in [3.63, 3.8) is 0 Å². The number of aliphatic hydroxyl groups is 1. The third-order valence-electron chi connectivity index (χ3n) is 2.77. The van der Waals surface area contributed by atoms with Crippen molar-refractivity contribution < 1.29 is 5.11 Å². The molecule has 0 saturated carbocycles. The van der Waals surface area contributed by atoms with Crippen LogP contribution in [0.4, 0.5) is 0 Å². The average Bonchev–Trinajstić information content (AvgIpc) is 2.05. The van der Waals surface area contributed by atoms with Crippen LogP contribution in [-0.4, -0.2) is 47.3 Å². The molecule has 0 bridgehead atoms. The van der Waals surface area contributed by atoms with E-state index in [1.807, 2.05) is 13.8 Å². The van der Waals surface area contributed by atoms with E-state index in [1.165, 1.54) is 12.8 Å². The fourth-order valence-corrected chi connectivity index (χ4v) is 2.28. The fourth-order valence-electron chi connectivity index (χ4n) is 2.28. The summed E-state index contributed by atoms with van der Waals surface area (Å²) >= 11 is 0. The summed E-state index contributed by atoms with van der Waals surface area (Å²) in [6.07, 6.45) is 2.41. The molecule has 1 aliphatic heterocycles. The molecule has 0 aromatic carbocycles. The van der Waals surface area contributed by atoms with Crippen LogP contribution in [0.3, 0.4) is 0 Å². The van der Waals surface area contributed by atoms with E-state index in [9.17, 15) is 5.11 Å². The number of likely N-dealkylation sites (tertiary alicyclic amines) is 1. The maximum Gasteiger partial charge on any atom is 0.0718 e. The van der Waals surface area contributed by atoms with Gasteiger partial charge in [-0.15, -0.1) is 0 Å². The standard InChI is InChI=1S/C12H26N2O/c1-10(2)13-11-5-7-14(8-6-11)9-12(3,4)15/h10-11,13,15H,5-9H2,1-4H3. The highest BCUT2D eigenvalue weighted by Crippen LogP contribution is 2.14. The van der Waals surface area contributed by atoms with Gasteiger partial charge in [0.2, 0.25) is 0 Å².